The zero-order valence-corrected chi connectivity index (χ0v) is 19.5. The summed E-state index contributed by atoms with van der Waals surface area (Å²) in [4.78, 5) is 28.0. The van der Waals surface area contributed by atoms with Crippen molar-refractivity contribution in [1.29, 1.82) is 0 Å². The topological polar surface area (TPSA) is 94.2 Å². The van der Waals surface area contributed by atoms with Crippen LogP contribution in [-0.2, 0) is 4.74 Å². The lowest BCUT2D eigenvalue weighted by Crippen LogP contribution is -2.12. The molecule has 0 spiro atoms. The lowest BCUT2D eigenvalue weighted by molar-refractivity contribution is 0.0522. The number of nitrogen functional groups attached to an aromatic ring is 1. The fourth-order valence-electron chi connectivity index (χ4n) is 3.46. The lowest BCUT2D eigenvalue weighted by atomic mass is 9.98. The minimum atomic E-state index is -0.562. The van der Waals surface area contributed by atoms with Crippen molar-refractivity contribution < 1.29 is 9.53 Å². The molecule has 4 rings (SSSR count). The quantitative estimate of drug-likeness (QED) is 0.394. The van der Waals surface area contributed by atoms with Gasteiger partial charge in [0.1, 0.15) is 0 Å². The number of nitrogens with zero attached hydrogens (tertiary/aromatic N) is 4. The normalized spacial score (nSPS) is 10.9. The van der Waals surface area contributed by atoms with E-state index in [1.165, 1.54) is 0 Å². The summed E-state index contributed by atoms with van der Waals surface area (Å²) in [5, 5.41) is 0.504. The molecule has 0 unspecified atom stereocenters. The van der Waals surface area contributed by atoms with E-state index in [1.54, 1.807) is 6.92 Å². The molecule has 2 aromatic carbocycles. The van der Waals surface area contributed by atoms with Gasteiger partial charge in [0, 0.05) is 29.8 Å². The Morgan fingerprint density at radius 3 is 2.44 bits per heavy atom. The number of aromatic nitrogens is 3. The number of halogens is 1. The third kappa shape index (κ3) is 4.27. The standard InChI is InChI=1S/C24H22BrN5O2/c1-4-32-23(31)21-20-18(15-6-5-7-16(25)12-15)13-19(27-22(20)29-24(26)28-21)14-8-10-17(11-9-14)30(2)3/h5-13H,4H2,1-3H3,(H2,26,27,28,29). The number of hydrogen-bond acceptors (Lipinski definition) is 7. The maximum atomic E-state index is 12.7. The SMILES string of the molecule is CCOC(=O)c1nc(N)nc2nc(-c3ccc(N(C)C)cc3)cc(-c3cccc(Br)c3)c12. The fraction of sp³-hybridized carbons (Fsp3) is 0.167. The van der Waals surface area contributed by atoms with E-state index in [-0.39, 0.29) is 18.2 Å². The van der Waals surface area contributed by atoms with Gasteiger partial charge in [-0.2, -0.15) is 4.98 Å². The maximum absolute atomic E-state index is 12.7. The molecule has 0 saturated carbocycles. The number of carbonyl (C=O) groups excluding carboxylic acids is 1. The summed E-state index contributed by atoms with van der Waals surface area (Å²) in [6, 6.07) is 17.8. The summed E-state index contributed by atoms with van der Waals surface area (Å²) in [6.45, 7) is 1.97. The highest BCUT2D eigenvalue weighted by molar-refractivity contribution is 9.10. The maximum Gasteiger partial charge on any atom is 0.357 e. The number of carbonyl (C=O) groups is 1. The second-order valence-electron chi connectivity index (χ2n) is 7.36. The van der Waals surface area contributed by atoms with Crippen LogP contribution in [-0.4, -0.2) is 41.6 Å². The van der Waals surface area contributed by atoms with Crippen molar-refractivity contribution in [2.45, 2.75) is 6.92 Å². The summed E-state index contributed by atoms with van der Waals surface area (Å²) in [5.41, 5.74) is 10.7. The molecular weight excluding hydrogens is 470 g/mol. The van der Waals surface area contributed by atoms with Gasteiger partial charge in [0.2, 0.25) is 5.95 Å². The number of pyridine rings is 1. The number of benzene rings is 2. The van der Waals surface area contributed by atoms with Gasteiger partial charge in [-0.1, -0.05) is 40.2 Å². The number of ether oxygens (including phenoxy) is 1. The molecule has 0 aliphatic rings. The molecule has 32 heavy (non-hydrogen) atoms. The Balaban J connectivity index is 2.02. The highest BCUT2D eigenvalue weighted by Crippen LogP contribution is 2.35. The summed E-state index contributed by atoms with van der Waals surface area (Å²) < 4.78 is 6.14. The molecule has 0 fully saturated rings. The number of esters is 1. The van der Waals surface area contributed by atoms with Gasteiger partial charge in [-0.3, -0.25) is 0 Å². The molecule has 0 aliphatic carbocycles. The smallest absolute Gasteiger partial charge is 0.357 e. The van der Waals surface area contributed by atoms with E-state index >= 15 is 0 Å². The number of nitrogens with two attached hydrogens (primary N) is 1. The van der Waals surface area contributed by atoms with Gasteiger partial charge in [0.15, 0.2) is 11.3 Å². The molecule has 0 saturated heterocycles. The molecule has 0 radical (unpaired) electrons. The zero-order valence-electron chi connectivity index (χ0n) is 18.0. The summed E-state index contributed by atoms with van der Waals surface area (Å²) in [6.07, 6.45) is 0. The Labute approximate surface area is 194 Å². The van der Waals surface area contributed by atoms with Crippen LogP contribution in [0.15, 0.2) is 59.1 Å². The second kappa shape index (κ2) is 8.92. The van der Waals surface area contributed by atoms with E-state index in [4.69, 9.17) is 15.5 Å². The van der Waals surface area contributed by atoms with Gasteiger partial charge < -0.3 is 15.4 Å². The van der Waals surface area contributed by atoms with Gasteiger partial charge in [0.25, 0.3) is 0 Å². The molecule has 0 atom stereocenters. The van der Waals surface area contributed by atoms with E-state index in [1.807, 2.05) is 73.6 Å². The van der Waals surface area contributed by atoms with Crippen LogP contribution in [0.4, 0.5) is 11.6 Å². The van der Waals surface area contributed by atoms with Crippen molar-refractivity contribution in [1.82, 2.24) is 15.0 Å². The average molecular weight is 492 g/mol. The fourth-order valence-corrected chi connectivity index (χ4v) is 3.86. The molecule has 2 heterocycles. The van der Waals surface area contributed by atoms with Gasteiger partial charge in [-0.05, 0) is 48.4 Å². The lowest BCUT2D eigenvalue weighted by Gasteiger charge is -2.15. The van der Waals surface area contributed by atoms with Crippen LogP contribution in [0.3, 0.4) is 0 Å². The Morgan fingerprint density at radius 2 is 1.78 bits per heavy atom. The molecule has 2 aromatic heterocycles. The van der Waals surface area contributed by atoms with Crippen LogP contribution in [0, 0.1) is 0 Å². The van der Waals surface area contributed by atoms with Crippen molar-refractivity contribution in [3.63, 3.8) is 0 Å². The third-order valence-corrected chi connectivity index (χ3v) is 5.46. The van der Waals surface area contributed by atoms with E-state index in [9.17, 15) is 4.79 Å². The molecule has 8 heteroatoms. The van der Waals surface area contributed by atoms with E-state index in [0.29, 0.717) is 16.7 Å². The monoisotopic (exact) mass is 491 g/mol. The average Bonchev–Trinajstić information content (AvgIpc) is 2.77. The molecule has 0 amide bonds. The molecule has 0 bridgehead atoms. The Bertz CT molecular complexity index is 1310. The Kier molecular flexibility index (Phi) is 6.05. The predicted molar refractivity (Wildman–Crippen MR) is 131 cm³/mol. The number of anilines is 2. The van der Waals surface area contributed by atoms with Crippen molar-refractivity contribution in [2.24, 2.45) is 0 Å². The van der Waals surface area contributed by atoms with E-state index in [2.05, 4.69) is 25.9 Å². The highest BCUT2D eigenvalue weighted by Gasteiger charge is 2.21. The van der Waals surface area contributed by atoms with Crippen molar-refractivity contribution in [3.8, 4) is 22.4 Å². The summed E-state index contributed by atoms with van der Waals surface area (Å²) in [5.74, 6) is -0.596. The van der Waals surface area contributed by atoms with Crippen molar-refractivity contribution in [3.05, 3.63) is 64.8 Å². The third-order valence-electron chi connectivity index (χ3n) is 4.97. The molecule has 0 aliphatic heterocycles. The highest BCUT2D eigenvalue weighted by atomic mass is 79.9. The van der Waals surface area contributed by atoms with E-state index in [0.717, 1.165) is 26.9 Å². The first-order valence-corrected chi connectivity index (χ1v) is 10.9. The van der Waals surface area contributed by atoms with Crippen LogP contribution >= 0.6 is 15.9 Å². The van der Waals surface area contributed by atoms with Gasteiger partial charge in [0.05, 0.1) is 17.7 Å². The first-order chi connectivity index (χ1) is 15.4. The van der Waals surface area contributed by atoms with E-state index < -0.39 is 5.97 Å². The predicted octanol–water partition coefficient (Wildman–Crippen LogP) is 4.95. The largest absolute Gasteiger partial charge is 0.461 e. The minimum Gasteiger partial charge on any atom is -0.461 e. The van der Waals surface area contributed by atoms with Gasteiger partial charge >= 0.3 is 5.97 Å². The molecule has 2 N–H and O–H groups in total. The van der Waals surface area contributed by atoms with Crippen LogP contribution in [0.25, 0.3) is 33.4 Å². The zero-order chi connectivity index (χ0) is 22.8. The molecular formula is C24H22BrN5O2. The van der Waals surface area contributed by atoms with Crippen LogP contribution < -0.4 is 10.6 Å². The van der Waals surface area contributed by atoms with Crippen LogP contribution in [0.5, 0.6) is 0 Å². The first-order valence-electron chi connectivity index (χ1n) is 10.1. The second-order valence-corrected chi connectivity index (χ2v) is 8.27. The van der Waals surface area contributed by atoms with Crippen molar-refractivity contribution in [2.75, 3.05) is 31.3 Å². The minimum absolute atomic E-state index is 0.0339. The Hall–Kier alpha value is -3.52. The van der Waals surface area contributed by atoms with Crippen LogP contribution in [0.2, 0.25) is 0 Å². The number of rotatable bonds is 5. The van der Waals surface area contributed by atoms with Crippen LogP contribution in [0.1, 0.15) is 17.4 Å². The Morgan fingerprint density at radius 1 is 1.03 bits per heavy atom. The molecule has 162 valence electrons. The summed E-state index contributed by atoms with van der Waals surface area (Å²) in [7, 11) is 3.98. The molecule has 7 nitrogen and oxygen atoms in total. The van der Waals surface area contributed by atoms with Gasteiger partial charge in [-0.25, -0.2) is 14.8 Å². The molecule has 4 aromatic rings. The number of hydrogen-bond donors (Lipinski definition) is 1. The summed E-state index contributed by atoms with van der Waals surface area (Å²) >= 11 is 3.53. The number of fused-ring (bicyclic) bond motifs is 1. The first kappa shape index (κ1) is 21.7. The van der Waals surface area contributed by atoms with Gasteiger partial charge in [-0.15, -0.1) is 0 Å². The van der Waals surface area contributed by atoms with Crippen molar-refractivity contribution >= 4 is 44.6 Å².